The summed E-state index contributed by atoms with van der Waals surface area (Å²) in [4.78, 5) is 26.8. The number of rotatable bonds is 7. The zero-order valence-corrected chi connectivity index (χ0v) is 29.9. The normalized spacial score (nSPS) is 21.7. The van der Waals surface area contributed by atoms with E-state index < -0.39 is 104 Å². The van der Waals surface area contributed by atoms with Gasteiger partial charge in [0.25, 0.3) is 0 Å². The van der Waals surface area contributed by atoms with E-state index in [1.54, 1.807) is 0 Å². The first-order chi connectivity index (χ1) is 22.7. The second-order valence-corrected chi connectivity index (χ2v) is 22.5. The van der Waals surface area contributed by atoms with Crippen LogP contribution in [0.1, 0.15) is 44.7 Å². The number of nitrogens with one attached hydrogen (secondary N) is 1. The number of amides is 2. The molecule has 1 N–H and O–H groups in total. The van der Waals surface area contributed by atoms with Gasteiger partial charge in [0.05, 0.1) is 17.2 Å². The topological polar surface area (TPSA) is 102 Å². The first-order valence-electron chi connectivity index (χ1n) is 15.6. The SMILES string of the molecule is CC(C)(C)OC(=O)N1C[C@H]2[C@H](NC(=O)OCC[Si](C)(C)C)CC[C@@]2(S(=O)(=O)c2ccc(F)cc2)c2ccc(C(F)(C(F)(F)F)C(F)(F)F)cc21. The summed E-state index contributed by atoms with van der Waals surface area (Å²) in [6, 6.07) is 4.08. The summed E-state index contributed by atoms with van der Waals surface area (Å²) < 4.78 is 150. The van der Waals surface area contributed by atoms with Crippen LogP contribution >= 0.6 is 0 Å². The number of halogens is 8. The molecule has 2 aliphatic rings. The van der Waals surface area contributed by atoms with Crippen molar-refractivity contribution in [1.82, 2.24) is 5.32 Å². The second kappa shape index (κ2) is 13.0. The van der Waals surface area contributed by atoms with E-state index in [1.165, 1.54) is 20.8 Å². The number of ether oxygens (including phenoxy) is 2. The molecule has 50 heavy (non-hydrogen) atoms. The molecule has 18 heteroatoms. The predicted molar refractivity (Wildman–Crippen MR) is 169 cm³/mol. The van der Waals surface area contributed by atoms with Gasteiger partial charge in [-0.1, -0.05) is 31.8 Å². The minimum Gasteiger partial charge on any atom is -0.450 e. The molecular weight excluding hydrogens is 720 g/mol. The fourth-order valence-electron chi connectivity index (χ4n) is 6.41. The molecule has 2 amide bonds. The van der Waals surface area contributed by atoms with Crippen molar-refractivity contribution in [3.63, 3.8) is 0 Å². The lowest BCUT2D eigenvalue weighted by atomic mass is 9.79. The lowest BCUT2D eigenvalue weighted by Gasteiger charge is -2.46. The number of alkyl carbamates (subject to hydrolysis) is 1. The van der Waals surface area contributed by atoms with E-state index in [2.05, 4.69) is 5.32 Å². The van der Waals surface area contributed by atoms with Gasteiger partial charge in [-0.25, -0.2) is 26.8 Å². The number of sulfone groups is 1. The van der Waals surface area contributed by atoms with E-state index in [1.807, 2.05) is 19.6 Å². The molecule has 1 fully saturated rings. The Morgan fingerprint density at radius 1 is 0.960 bits per heavy atom. The van der Waals surface area contributed by atoms with E-state index in [0.29, 0.717) is 17.0 Å². The number of nitrogens with zero attached hydrogens (tertiary/aromatic N) is 1. The number of alkyl halides is 7. The number of fused-ring (bicyclic) bond motifs is 3. The van der Waals surface area contributed by atoms with Crippen molar-refractivity contribution in [2.24, 2.45) is 5.92 Å². The van der Waals surface area contributed by atoms with Gasteiger partial charge in [0, 0.05) is 32.1 Å². The Labute approximate surface area is 285 Å². The molecule has 1 heterocycles. The van der Waals surface area contributed by atoms with Gasteiger partial charge in [0.1, 0.15) is 16.2 Å². The third-order valence-corrected chi connectivity index (χ3v) is 13.1. The molecule has 0 radical (unpaired) electrons. The quantitative estimate of drug-likeness (QED) is 0.173. The van der Waals surface area contributed by atoms with Gasteiger partial charge in [-0.2, -0.15) is 26.3 Å². The number of anilines is 1. The minimum atomic E-state index is -6.51. The Bertz CT molecular complexity index is 1710. The second-order valence-electron chi connectivity index (χ2n) is 14.7. The molecule has 0 saturated heterocycles. The van der Waals surface area contributed by atoms with Crippen LogP contribution in [0.4, 0.5) is 50.4 Å². The Morgan fingerprint density at radius 3 is 2.06 bits per heavy atom. The van der Waals surface area contributed by atoms with Crippen LogP contribution in [0.15, 0.2) is 47.4 Å². The van der Waals surface area contributed by atoms with Gasteiger partial charge in [-0.15, -0.1) is 0 Å². The number of carbonyl (C=O) groups excluding carboxylic acids is 2. The van der Waals surface area contributed by atoms with E-state index in [-0.39, 0.29) is 31.6 Å². The van der Waals surface area contributed by atoms with E-state index in [9.17, 15) is 48.7 Å². The summed E-state index contributed by atoms with van der Waals surface area (Å²) in [7, 11) is -6.39. The summed E-state index contributed by atoms with van der Waals surface area (Å²) in [6.07, 6.45) is -15.7. The van der Waals surface area contributed by atoms with E-state index >= 15 is 4.39 Å². The highest BCUT2D eigenvalue weighted by Gasteiger charge is 2.74. The van der Waals surface area contributed by atoms with Crippen molar-refractivity contribution in [3.05, 3.63) is 59.4 Å². The highest BCUT2D eigenvalue weighted by molar-refractivity contribution is 7.92. The lowest BCUT2D eigenvalue weighted by Crippen LogP contribution is -2.57. The summed E-state index contributed by atoms with van der Waals surface area (Å²) in [5.41, 5.74) is -10.3. The Balaban J connectivity index is 1.98. The maximum atomic E-state index is 15.4. The van der Waals surface area contributed by atoms with Gasteiger partial charge >= 0.3 is 30.2 Å². The van der Waals surface area contributed by atoms with Crippen LogP contribution in [0.2, 0.25) is 25.7 Å². The molecular formula is C32H38F8N2O6SSi. The van der Waals surface area contributed by atoms with Gasteiger partial charge in [0.2, 0.25) is 0 Å². The number of hydrogen-bond acceptors (Lipinski definition) is 6. The van der Waals surface area contributed by atoms with Crippen molar-refractivity contribution in [1.29, 1.82) is 0 Å². The Morgan fingerprint density at radius 2 is 1.54 bits per heavy atom. The third-order valence-electron chi connectivity index (χ3n) is 8.82. The zero-order valence-electron chi connectivity index (χ0n) is 28.1. The molecule has 0 aromatic heterocycles. The monoisotopic (exact) mass is 758 g/mol. The summed E-state index contributed by atoms with van der Waals surface area (Å²) in [5.74, 6) is -2.10. The van der Waals surface area contributed by atoms with E-state index in [0.717, 1.165) is 24.3 Å². The van der Waals surface area contributed by atoms with Crippen LogP contribution in [0.25, 0.3) is 0 Å². The molecule has 2 aromatic carbocycles. The molecule has 278 valence electrons. The smallest absolute Gasteiger partial charge is 0.435 e. The molecule has 1 aliphatic carbocycles. The average molecular weight is 759 g/mol. The van der Waals surface area contributed by atoms with Gasteiger partial charge in [0.15, 0.2) is 9.84 Å². The molecule has 3 atom stereocenters. The third kappa shape index (κ3) is 7.18. The van der Waals surface area contributed by atoms with Gasteiger partial charge < -0.3 is 14.8 Å². The van der Waals surface area contributed by atoms with Crippen LogP contribution in [-0.4, -0.2) is 65.8 Å². The highest BCUT2D eigenvalue weighted by atomic mass is 32.2. The van der Waals surface area contributed by atoms with Crippen molar-refractivity contribution in [2.75, 3.05) is 18.1 Å². The molecule has 2 aromatic rings. The van der Waals surface area contributed by atoms with Crippen LogP contribution < -0.4 is 10.2 Å². The van der Waals surface area contributed by atoms with Crippen LogP contribution in [-0.2, 0) is 29.7 Å². The van der Waals surface area contributed by atoms with Crippen molar-refractivity contribution < 1.29 is 62.6 Å². The predicted octanol–water partition coefficient (Wildman–Crippen LogP) is 8.38. The van der Waals surface area contributed by atoms with E-state index in [4.69, 9.17) is 9.47 Å². The molecule has 0 spiro atoms. The average Bonchev–Trinajstić information content (AvgIpc) is 3.33. The summed E-state index contributed by atoms with van der Waals surface area (Å²) in [5, 5.41) is 2.63. The summed E-state index contributed by atoms with van der Waals surface area (Å²) >= 11 is 0. The first kappa shape index (κ1) is 39.4. The van der Waals surface area contributed by atoms with Crippen LogP contribution in [0, 0.1) is 11.7 Å². The minimum absolute atomic E-state index is 0.0526. The van der Waals surface area contributed by atoms with Crippen LogP contribution in [0.5, 0.6) is 0 Å². The molecule has 1 saturated carbocycles. The molecule has 4 rings (SSSR count). The number of carbonyl (C=O) groups is 2. The number of hydrogen-bond donors (Lipinski definition) is 1. The van der Waals surface area contributed by atoms with Crippen LogP contribution in [0.3, 0.4) is 0 Å². The first-order valence-corrected chi connectivity index (χ1v) is 20.8. The molecule has 1 aliphatic heterocycles. The van der Waals surface area contributed by atoms with Crippen molar-refractivity contribution in [3.8, 4) is 0 Å². The largest absolute Gasteiger partial charge is 0.450 e. The van der Waals surface area contributed by atoms with Crippen molar-refractivity contribution >= 4 is 35.8 Å². The standard InChI is InChI=1S/C32H38F8N2O6SSi/c1-28(2,3)48-27(44)42-18-23-24(41-26(43)47-15-16-50(4,5)6)13-14-29(23,49(45,46)21-10-8-20(33)9-11-21)22-12-7-19(17-25(22)42)30(34,31(35,36)37)32(38,39)40/h7-12,17,23-24H,13-16,18H2,1-6H3,(H,41,43)/t23-,24+,29+/m0/s1. The van der Waals surface area contributed by atoms with Gasteiger partial charge in [-0.05, 0) is 75.6 Å². The molecule has 0 unspecified atom stereocenters. The van der Waals surface area contributed by atoms with Gasteiger partial charge in [-0.3, -0.25) is 4.90 Å². The fraction of sp³-hybridized carbons (Fsp3) is 0.562. The summed E-state index contributed by atoms with van der Waals surface area (Å²) in [6.45, 7) is 9.80. The highest BCUT2D eigenvalue weighted by Crippen LogP contribution is 2.60. The Hall–Kier alpha value is -3.41. The fourth-order valence-corrected chi connectivity index (χ4v) is 9.52. The lowest BCUT2D eigenvalue weighted by molar-refractivity contribution is -0.348. The number of benzene rings is 2. The maximum absolute atomic E-state index is 15.4. The van der Waals surface area contributed by atoms with Crippen molar-refractivity contribution in [2.45, 2.75) is 98.6 Å². The maximum Gasteiger partial charge on any atom is 0.435 e. The Kier molecular flexibility index (Phi) is 10.2. The molecule has 8 nitrogen and oxygen atoms in total. The zero-order chi connectivity index (χ0) is 37.9. The molecule has 0 bridgehead atoms.